The van der Waals surface area contributed by atoms with Gasteiger partial charge in [0.1, 0.15) is 12.8 Å². The number of hydrogen-bond donors (Lipinski definition) is 1. The van der Waals surface area contributed by atoms with Crippen LogP contribution in [-0.2, 0) is 14.3 Å². The van der Waals surface area contributed by atoms with Crippen molar-refractivity contribution < 1.29 is 19.1 Å². The molecule has 0 aliphatic carbocycles. The fourth-order valence-corrected chi connectivity index (χ4v) is 1.53. The molecular formula is C9H16N2O4. The number of carbonyl (C=O) groups excluding carboxylic acids is 2. The summed E-state index contributed by atoms with van der Waals surface area (Å²) in [4.78, 5) is 23.7. The van der Waals surface area contributed by atoms with Crippen molar-refractivity contribution in [3.8, 4) is 0 Å². The van der Waals surface area contributed by atoms with E-state index in [4.69, 9.17) is 10.5 Å². The zero-order chi connectivity index (χ0) is 11.3. The lowest BCUT2D eigenvalue weighted by molar-refractivity contribution is -0.130. The van der Waals surface area contributed by atoms with E-state index in [1.165, 1.54) is 6.92 Å². The molecule has 6 nitrogen and oxygen atoms in total. The normalized spacial score (nSPS) is 17.3. The van der Waals surface area contributed by atoms with Crippen molar-refractivity contribution in [3.63, 3.8) is 0 Å². The van der Waals surface area contributed by atoms with E-state index >= 15 is 0 Å². The molecule has 0 saturated carbocycles. The third-order valence-electron chi connectivity index (χ3n) is 2.35. The SMILES string of the molecule is CC(=O)N1CCC(OC(=O)OCN)CC1. The summed E-state index contributed by atoms with van der Waals surface area (Å²) in [7, 11) is 0. The van der Waals surface area contributed by atoms with Crippen LogP contribution in [0.25, 0.3) is 0 Å². The van der Waals surface area contributed by atoms with Gasteiger partial charge in [0.2, 0.25) is 5.91 Å². The average molecular weight is 216 g/mol. The molecule has 86 valence electrons. The Kier molecular flexibility index (Phi) is 4.36. The van der Waals surface area contributed by atoms with Crippen LogP contribution in [0.5, 0.6) is 0 Å². The number of amides is 1. The molecule has 6 heteroatoms. The summed E-state index contributed by atoms with van der Waals surface area (Å²) in [6, 6.07) is 0. The Balaban J connectivity index is 2.25. The van der Waals surface area contributed by atoms with Crippen LogP contribution in [0.15, 0.2) is 0 Å². The molecule has 1 amide bonds. The van der Waals surface area contributed by atoms with Crippen LogP contribution >= 0.6 is 0 Å². The van der Waals surface area contributed by atoms with Crippen molar-refractivity contribution in [1.29, 1.82) is 0 Å². The van der Waals surface area contributed by atoms with Crippen LogP contribution in [0.2, 0.25) is 0 Å². The first-order valence-corrected chi connectivity index (χ1v) is 4.92. The number of nitrogens with two attached hydrogens (primary N) is 1. The molecule has 1 aliphatic rings. The molecule has 2 N–H and O–H groups in total. The molecular weight excluding hydrogens is 200 g/mol. The third kappa shape index (κ3) is 3.75. The van der Waals surface area contributed by atoms with E-state index < -0.39 is 6.16 Å². The highest BCUT2D eigenvalue weighted by Crippen LogP contribution is 2.14. The Morgan fingerprint density at radius 1 is 1.40 bits per heavy atom. The van der Waals surface area contributed by atoms with Crippen molar-refractivity contribution in [3.05, 3.63) is 0 Å². The van der Waals surface area contributed by atoms with Crippen LogP contribution in [0.4, 0.5) is 4.79 Å². The molecule has 1 heterocycles. The van der Waals surface area contributed by atoms with Gasteiger partial charge in [-0.3, -0.25) is 10.5 Å². The van der Waals surface area contributed by atoms with Gasteiger partial charge in [-0.25, -0.2) is 4.79 Å². The molecule has 0 atom stereocenters. The van der Waals surface area contributed by atoms with Crippen molar-refractivity contribution in [2.24, 2.45) is 5.73 Å². The Morgan fingerprint density at radius 3 is 2.47 bits per heavy atom. The summed E-state index contributed by atoms with van der Waals surface area (Å²) < 4.78 is 9.44. The van der Waals surface area contributed by atoms with E-state index in [1.807, 2.05) is 0 Å². The highest BCUT2D eigenvalue weighted by Gasteiger charge is 2.23. The van der Waals surface area contributed by atoms with Gasteiger partial charge in [-0.1, -0.05) is 0 Å². The van der Waals surface area contributed by atoms with Gasteiger partial charge in [-0.2, -0.15) is 0 Å². The van der Waals surface area contributed by atoms with Gasteiger partial charge in [0.25, 0.3) is 0 Å². The van der Waals surface area contributed by atoms with Gasteiger partial charge >= 0.3 is 6.16 Å². The number of hydrogen-bond acceptors (Lipinski definition) is 5. The average Bonchev–Trinajstić information content (AvgIpc) is 2.18. The fourth-order valence-electron chi connectivity index (χ4n) is 1.53. The minimum atomic E-state index is -0.737. The third-order valence-corrected chi connectivity index (χ3v) is 2.35. The topological polar surface area (TPSA) is 81.9 Å². The van der Waals surface area contributed by atoms with Crippen molar-refractivity contribution >= 4 is 12.1 Å². The first kappa shape index (κ1) is 11.8. The van der Waals surface area contributed by atoms with Crippen LogP contribution in [-0.4, -0.2) is 42.9 Å². The number of likely N-dealkylation sites (tertiary alicyclic amines) is 1. The molecule has 1 rings (SSSR count). The van der Waals surface area contributed by atoms with E-state index in [9.17, 15) is 9.59 Å². The van der Waals surface area contributed by atoms with Gasteiger partial charge in [0, 0.05) is 32.9 Å². The molecule has 0 aromatic rings. The predicted molar refractivity (Wildman–Crippen MR) is 51.9 cm³/mol. The van der Waals surface area contributed by atoms with Crippen LogP contribution in [0.3, 0.4) is 0 Å². The van der Waals surface area contributed by atoms with Crippen molar-refractivity contribution in [1.82, 2.24) is 4.90 Å². The molecule has 1 aliphatic heterocycles. The zero-order valence-corrected chi connectivity index (χ0v) is 8.77. The summed E-state index contributed by atoms with van der Waals surface area (Å²) in [5.41, 5.74) is 5.02. The van der Waals surface area contributed by atoms with E-state index in [-0.39, 0.29) is 18.7 Å². The summed E-state index contributed by atoms with van der Waals surface area (Å²) in [6.45, 7) is 2.60. The largest absolute Gasteiger partial charge is 0.509 e. The highest BCUT2D eigenvalue weighted by atomic mass is 16.7. The molecule has 0 aromatic carbocycles. The molecule has 0 aromatic heterocycles. The zero-order valence-electron chi connectivity index (χ0n) is 8.77. The van der Waals surface area contributed by atoms with Crippen molar-refractivity contribution in [2.75, 3.05) is 19.8 Å². The van der Waals surface area contributed by atoms with Gasteiger partial charge in [-0.15, -0.1) is 0 Å². The van der Waals surface area contributed by atoms with Crippen LogP contribution < -0.4 is 5.73 Å². The van der Waals surface area contributed by atoms with Crippen molar-refractivity contribution in [2.45, 2.75) is 25.9 Å². The Morgan fingerprint density at radius 2 is 2.00 bits per heavy atom. The second kappa shape index (κ2) is 5.55. The van der Waals surface area contributed by atoms with Gasteiger partial charge in [0.05, 0.1) is 0 Å². The summed E-state index contributed by atoms with van der Waals surface area (Å²) in [5.74, 6) is 0.0537. The lowest BCUT2D eigenvalue weighted by atomic mass is 10.1. The smallest absolute Gasteiger partial charge is 0.431 e. The summed E-state index contributed by atoms with van der Waals surface area (Å²) >= 11 is 0. The second-order valence-electron chi connectivity index (χ2n) is 3.38. The van der Waals surface area contributed by atoms with Crippen LogP contribution in [0.1, 0.15) is 19.8 Å². The maximum absolute atomic E-state index is 11.0. The fraction of sp³-hybridized carbons (Fsp3) is 0.778. The molecule has 1 fully saturated rings. The molecule has 0 radical (unpaired) electrons. The molecule has 15 heavy (non-hydrogen) atoms. The minimum Gasteiger partial charge on any atom is -0.431 e. The number of piperidine rings is 1. The number of nitrogens with zero attached hydrogens (tertiary/aromatic N) is 1. The van der Waals surface area contributed by atoms with Gasteiger partial charge in [-0.05, 0) is 0 Å². The highest BCUT2D eigenvalue weighted by molar-refractivity contribution is 5.73. The molecule has 0 bridgehead atoms. The number of ether oxygens (including phenoxy) is 2. The first-order chi connectivity index (χ1) is 7.13. The first-order valence-electron chi connectivity index (χ1n) is 4.92. The quantitative estimate of drug-likeness (QED) is 0.521. The number of carbonyl (C=O) groups is 2. The van der Waals surface area contributed by atoms with Crippen LogP contribution in [0, 0.1) is 0 Å². The Hall–Kier alpha value is -1.30. The van der Waals surface area contributed by atoms with E-state index in [1.54, 1.807) is 4.90 Å². The summed E-state index contributed by atoms with van der Waals surface area (Å²) in [5, 5.41) is 0. The van der Waals surface area contributed by atoms with Gasteiger partial charge < -0.3 is 14.4 Å². The predicted octanol–water partition coefficient (Wildman–Crippen LogP) is 0.0667. The van der Waals surface area contributed by atoms with E-state index in [0.717, 1.165) is 0 Å². The maximum atomic E-state index is 11.0. The van der Waals surface area contributed by atoms with E-state index in [2.05, 4.69) is 4.74 Å². The standard InChI is InChI=1S/C9H16N2O4/c1-7(12)11-4-2-8(3-5-11)15-9(13)14-6-10/h8H,2-6,10H2,1H3. The minimum absolute atomic E-state index is 0.0537. The lowest BCUT2D eigenvalue weighted by Crippen LogP contribution is -2.40. The molecule has 1 saturated heterocycles. The Labute approximate surface area is 88.3 Å². The van der Waals surface area contributed by atoms with Gasteiger partial charge in [0.15, 0.2) is 0 Å². The Bertz CT molecular complexity index is 236. The van der Waals surface area contributed by atoms with E-state index in [0.29, 0.717) is 25.9 Å². The lowest BCUT2D eigenvalue weighted by Gasteiger charge is -2.30. The summed E-state index contributed by atoms with van der Waals surface area (Å²) in [6.07, 6.45) is 0.400. The second-order valence-corrected chi connectivity index (χ2v) is 3.38. The molecule has 0 spiro atoms. The maximum Gasteiger partial charge on any atom is 0.509 e. The monoisotopic (exact) mass is 216 g/mol. The molecule has 0 unspecified atom stereocenters. The number of rotatable bonds is 2.